The largest absolute Gasteiger partial charge is 0.338 e. The molecule has 0 aliphatic carbocycles. The Morgan fingerprint density at radius 1 is 1.35 bits per heavy atom. The zero-order valence-corrected chi connectivity index (χ0v) is 12.2. The van der Waals surface area contributed by atoms with Crippen molar-refractivity contribution in [3.05, 3.63) is 36.4 Å². The zero-order valence-electron chi connectivity index (χ0n) is 12.2. The lowest BCUT2D eigenvalue weighted by atomic mass is 10.00. The van der Waals surface area contributed by atoms with Crippen LogP contribution in [0.5, 0.6) is 0 Å². The number of hydrogen-bond acceptors (Lipinski definition) is 8. The van der Waals surface area contributed by atoms with Crippen LogP contribution >= 0.6 is 0 Å². The summed E-state index contributed by atoms with van der Waals surface area (Å²) in [6.07, 6.45) is 6.30. The molecule has 1 saturated heterocycles. The Labute approximate surface area is 130 Å². The quantitative estimate of drug-likeness (QED) is 0.658. The van der Waals surface area contributed by atoms with Gasteiger partial charge in [0.2, 0.25) is 11.7 Å². The van der Waals surface area contributed by atoms with Crippen LogP contribution in [0.25, 0.3) is 11.5 Å². The predicted molar refractivity (Wildman–Crippen MR) is 75.0 cm³/mol. The summed E-state index contributed by atoms with van der Waals surface area (Å²) in [6, 6.07) is 0. The molecule has 10 nitrogen and oxygen atoms in total. The highest BCUT2D eigenvalue weighted by atomic mass is 16.5. The average molecular weight is 312 g/mol. The van der Waals surface area contributed by atoms with Crippen LogP contribution in [0.3, 0.4) is 0 Å². The first kappa shape index (κ1) is 13.5. The fourth-order valence-corrected chi connectivity index (χ4v) is 2.33. The van der Waals surface area contributed by atoms with Crippen molar-refractivity contribution in [3.8, 4) is 11.5 Å². The Bertz CT molecular complexity index is 837. The van der Waals surface area contributed by atoms with Crippen LogP contribution in [0.1, 0.15) is 22.3 Å². The van der Waals surface area contributed by atoms with E-state index in [1.807, 2.05) is 0 Å². The maximum atomic E-state index is 12.2. The smallest absolute Gasteiger partial charge is 0.276 e. The van der Waals surface area contributed by atoms with E-state index in [-0.39, 0.29) is 11.8 Å². The van der Waals surface area contributed by atoms with Gasteiger partial charge < -0.3 is 9.42 Å². The second-order valence-electron chi connectivity index (χ2n) is 5.23. The third-order valence-electron chi connectivity index (χ3n) is 3.57. The standard InChI is InChI=1S/C13H12N8O2/c1-20-7-10(17-19-20)13(22)21-5-8(6-21)12-16-11(18-23-12)9-4-14-2-3-15-9/h2-4,7-8H,5-6H2,1H3. The van der Waals surface area contributed by atoms with Gasteiger partial charge in [0.15, 0.2) is 5.69 Å². The number of likely N-dealkylation sites (tertiary alicyclic amines) is 1. The molecule has 0 radical (unpaired) electrons. The molecule has 0 aromatic carbocycles. The Morgan fingerprint density at radius 3 is 2.91 bits per heavy atom. The molecule has 23 heavy (non-hydrogen) atoms. The summed E-state index contributed by atoms with van der Waals surface area (Å²) in [5.74, 6) is 0.761. The molecule has 4 heterocycles. The summed E-state index contributed by atoms with van der Waals surface area (Å²) < 4.78 is 6.76. The van der Waals surface area contributed by atoms with Crippen molar-refractivity contribution in [2.24, 2.45) is 7.05 Å². The lowest BCUT2D eigenvalue weighted by Gasteiger charge is -2.36. The first-order chi connectivity index (χ1) is 11.2. The van der Waals surface area contributed by atoms with Crippen molar-refractivity contribution >= 4 is 5.91 Å². The number of aromatic nitrogens is 7. The summed E-state index contributed by atoms with van der Waals surface area (Å²) in [5.41, 5.74) is 0.881. The molecule has 0 spiro atoms. The fraction of sp³-hybridized carbons (Fsp3) is 0.308. The summed E-state index contributed by atoms with van der Waals surface area (Å²) >= 11 is 0. The number of carbonyl (C=O) groups is 1. The Hall–Kier alpha value is -3.17. The van der Waals surface area contributed by atoms with Crippen LogP contribution in [0, 0.1) is 0 Å². The molecular weight excluding hydrogens is 300 g/mol. The summed E-state index contributed by atoms with van der Waals surface area (Å²) in [4.78, 5) is 26.2. The number of carbonyl (C=O) groups excluding carboxylic acids is 1. The van der Waals surface area contributed by atoms with Gasteiger partial charge in [-0.1, -0.05) is 10.4 Å². The number of nitrogens with zero attached hydrogens (tertiary/aromatic N) is 8. The van der Waals surface area contributed by atoms with Crippen molar-refractivity contribution in [1.29, 1.82) is 0 Å². The lowest BCUT2D eigenvalue weighted by molar-refractivity contribution is 0.0563. The van der Waals surface area contributed by atoms with Crippen molar-refractivity contribution in [2.45, 2.75) is 5.92 Å². The van der Waals surface area contributed by atoms with Crippen LogP contribution in [0.4, 0.5) is 0 Å². The Balaban J connectivity index is 1.42. The zero-order chi connectivity index (χ0) is 15.8. The summed E-state index contributed by atoms with van der Waals surface area (Å²) in [6.45, 7) is 1.02. The molecule has 0 saturated carbocycles. The molecule has 3 aromatic rings. The molecule has 10 heteroatoms. The van der Waals surface area contributed by atoms with Gasteiger partial charge in [-0.15, -0.1) is 5.10 Å². The first-order valence-electron chi connectivity index (χ1n) is 6.96. The van der Waals surface area contributed by atoms with Crippen molar-refractivity contribution in [3.63, 3.8) is 0 Å². The van der Waals surface area contributed by atoms with Gasteiger partial charge in [-0.05, 0) is 0 Å². The normalized spacial score (nSPS) is 14.7. The van der Waals surface area contributed by atoms with E-state index in [0.29, 0.717) is 36.2 Å². The molecule has 1 aliphatic rings. The second kappa shape index (κ2) is 5.23. The minimum atomic E-state index is -0.150. The van der Waals surface area contributed by atoms with Gasteiger partial charge in [-0.25, -0.2) is 4.98 Å². The molecular formula is C13H12N8O2. The van der Waals surface area contributed by atoms with Gasteiger partial charge in [0.25, 0.3) is 5.91 Å². The van der Waals surface area contributed by atoms with Gasteiger partial charge in [0.1, 0.15) is 5.69 Å². The molecule has 0 unspecified atom stereocenters. The van der Waals surface area contributed by atoms with Gasteiger partial charge in [0.05, 0.1) is 18.3 Å². The van der Waals surface area contributed by atoms with E-state index in [4.69, 9.17) is 4.52 Å². The highest BCUT2D eigenvalue weighted by molar-refractivity contribution is 5.92. The monoisotopic (exact) mass is 312 g/mol. The average Bonchev–Trinajstić information content (AvgIpc) is 3.16. The van der Waals surface area contributed by atoms with Gasteiger partial charge >= 0.3 is 0 Å². The number of rotatable bonds is 3. The number of hydrogen-bond donors (Lipinski definition) is 0. The fourth-order valence-electron chi connectivity index (χ4n) is 2.33. The van der Waals surface area contributed by atoms with Gasteiger partial charge in [0, 0.05) is 32.5 Å². The van der Waals surface area contributed by atoms with Gasteiger partial charge in [-0.2, -0.15) is 4.98 Å². The molecule has 0 bridgehead atoms. The Kier molecular flexibility index (Phi) is 3.07. The third-order valence-corrected chi connectivity index (χ3v) is 3.57. The van der Waals surface area contributed by atoms with Crippen molar-refractivity contribution < 1.29 is 9.32 Å². The topological polar surface area (TPSA) is 116 Å². The molecule has 3 aromatic heterocycles. The molecule has 116 valence electrons. The first-order valence-corrected chi connectivity index (χ1v) is 6.96. The van der Waals surface area contributed by atoms with Crippen LogP contribution in [-0.2, 0) is 7.05 Å². The summed E-state index contributed by atoms with van der Waals surface area (Å²) in [5, 5.41) is 11.5. The minimum absolute atomic E-state index is 0.0218. The van der Waals surface area contributed by atoms with E-state index in [9.17, 15) is 4.79 Å². The van der Waals surface area contributed by atoms with Crippen molar-refractivity contribution in [1.82, 2.24) is 40.0 Å². The molecule has 0 N–H and O–H groups in total. The van der Waals surface area contributed by atoms with Crippen LogP contribution in [-0.4, -0.2) is 59.0 Å². The third kappa shape index (κ3) is 2.43. The van der Waals surface area contributed by atoms with Crippen LogP contribution in [0.2, 0.25) is 0 Å². The molecule has 0 atom stereocenters. The van der Waals surface area contributed by atoms with E-state index in [2.05, 4.69) is 30.4 Å². The Morgan fingerprint density at radius 2 is 2.22 bits per heavy atom. The highest BCUT2D eigenvalue weighted by Crippen LogP contribution is 2.28. The molecule has 1 fully saturated rings. The number of amides is 1. The van der Waals surface area contributed by atoms with E-state index in [1.54, 1.807) is 36.7 Å². The van der Waals surface area contributed by atoms with Crippen LogP contribution < -0.4 is 0 Å². The minimum Gasteiger partial charge on any atom is -0.338 e. The SMILES string of the molecule is Cn1cc(C(=O)N2CC(c3nc(-c4cnccn4)no3)C2)nn1. The van der Waals surface area contributed by atoms with Gasteiger partial charge in [-0.3, -0.25) is 14.5 Å². The maximum Gasteiger partial charge on any atom is 0.276 e. The van der Waals surface area contributed by atoms with Crippen LogP contribution in [0.15, 0.2) is 29.3 Å². The van der Waals surface area contributed by atoms with Crippen molar-refractivity contribution in [2.75, 3.05) is 13.1 Å². The van der Waals surface area contributed by atoms with E-state index in [1.165, 1.54) is 4.68 Å². The highest BCUT2D eigenvalue weighted by Gasteiger charge is 2.37. The van der Waals surface area contributed by atoms with E-state index >= 15 is 0 Å². The summed E-state index contributed by atoms with van der Waals surface area (Å²) in [7, 11) is 1.72. The molecule has 4 rings (SSSR count). The number of aryl methyl sites for hydroxylation is 1. The molecule has 1 aliphatic heterocycles. The predicted octanol–water partition coefficient (Wildman–Crippen LogP) is -0.105. The van der Waals surface area contributed by atoms with E-state index in [0.717, 1.165) is 0 Å². The molecule has 1 amide bonds. The van der Waals surface area contributed by atoms with E-state index < -0.39 is 0 Å². The maximum absolute atomic E-state index is 12.2. The lowest BCUT2D eigenvalue weighted by Crippen LogP contribution is -2.48. The second-order valence-corrected chi connectivity index (χ2v) is 5.23.